The van der Waals surface area contributed by atoms with Crippen LogP contribution in [0.3, 0.4) is 0 Å². The van der Waals surface area contributed by atoms with Crippen LogP contribution in [0.2, 0.25) is 0 Å². The topological polar surface area (TPSA) is 0 Å². The number of rotatable bonds is 3. The molecule has 1 atom stereocenters. The molecule has 1 unspecified atom stereocenters. The molecule has 150 valence electrons. The van der Waals surface area contributed by atoms with Crippen molar-refractivity contribution in [2.45, 2.75) is 43.0 Å². The Labute approximate surface area is 128 Å². The van der Waals surface area contributed by atoms with E-state index >= 15 is 0 Å². The minimum atomic E-state index is -7.52. The number of hydrogen-bond donors (Lipinski definition) is 0. The van der Waals surface area contributed by atoms with Crippen LogP contribution in [0.4, 0.5) is 65.9 Å². The van der Waals surface area contributed by atoms with Crippen molar-refractivity contribution in [1.82, 2.24) is 0 Å². The second-order valence-corrected chi connectivity index (χ2v) is 4.58. The van der Waals surface area contributed by atoms with Crippen LogP contribution >= 0.6 is 0 Å². The zero-order valence-corrected chi connectivity index (χ0v) is 11.4. The summed E-state index contributed by atoms with van der Waals surface area (Å²) in [5, 5.41) is 0. The Hall–Kier alpha value is -1.31. The minimum Gasteiger partial charge on any atom is -0.247 e. The van der Waals surface area contributed by atoms with Crippen LogP contribution in [0.15, 0.2) is 11.1 Å². The number of alkyl halides is 15. The molecule has 0 heterocycles. The lowest BCUT2D eigenvalue weighted by Crippen LogP contribution is -2.63. The van der Waals surface area contributed by atoms with Gasteiger partial charge in [0.05, 0.1) is 0 Å². The Morgan fingerprint density at radius 2 is 0.920 bits per heavy atom. The molecular formula is C10H5F15. The van der Waals surface area contributed by atoms with Gasteiger partial charge in [-0.15, -0.1) is 0 Å². The van der Waals surface area contributed by atoms with Gasteiger partial charge in [0.25, 0.3) is 5.67 Å². The van der Waals surface area contributed by atoms with Gasteiger partial charge in [-0.05, 0) is 6.92 Å². The Kier molecular flexibility index (Phi) is 5.82. The van der Waals surface area contributed by atoms with Gasteiger partial charge in [0.1, 0.15) is 6.67 Å². The molecule has 0 aliphatic rings. The number of allylic oxidation sites excluding steroid dienone is 2. The van der Waals surface area contributed by atoms with Crippen LogP contribution < -0.4 is 0 Å². The molecule has 0 aromatic heterocycles. The van der Waals surface area contributed by atoms with Crippen LogP contribution in [0.1, 0.15) is 6.92 Å². The predicted molar refractivity (Wildman–Crippen MR) is 50.6 cm³/mol. The molecule has 0 aliphatic heterocycles. The molecule has 0 aromatic carbocycles. The second kappa shape index (κ2) is 6.14. The fraction of sp³-hybridized carbons (Fsp3) is 0.800. The SMILES string of the molecule is C/C(=C(\C(F)(CF)C(F)(F)F)C(F)(C(F)(F)F)C(F)(F)F)C(F)(F)F. The van der Waals surface area contributed by atoms with Crippen LogP contribution in [-0.4, -0.2) is 42.7 Å². The van der Waals surface area contributed by atoms with Gasteiger partial charge in [0.2, 0.25) is 0 Å². The molecule has 0 N–H and O–H groups in total. The van der Waals surface area contributed by atoms with Crippen molar-refractivity contribution in [3.8, 4) is 0 Å². The van der Waals surface area contributed by atoms with E-state index in [-0.39, 0.29) is 0 Å². The molecule has 0 nitrogen and oxygen atoms in total. The first-order chi connectivity index (χ1) is 10.6. The Balaban J connectivity index is 7.42. The van der Waals surface area contributed by atoms with E-state index in [9.17, 15) is 65.9 Å². The van der Waals surface area contributed by atoms with Gasteiger partial charge in [0.15, 0.2) is 0 Å². The van der Waals surface area contributed by atoms with E-state index in [1.54, 1.807) is 0 Å². The van der Waals surface area contributed by atoms with Crippen LogP contribution in [0.5, 0.6) is 0 Å². The van der Waals surface area contributed by atoms with Crippen LogP contribution in [0, 0.1) is 0 Å². The van der Waals surface area contributed by atoms with E-state index in [0.29, 0.717) is 0 Å². The highest BCUT2D eigenvalue weighted by atomic mass is 19.4. The van der Waals surface area contributed by atoms with Gasteiger partial charge in [-0.25, -0.2) is 13.2 Å². The zero-order chi connectivity index (χ0) is 20.9. The van der Waals surface area contributed by atoms with Crippen molar-refractivity contribution in [2.24, 2.45) is 0 Å². The van der Waals surface area contributed by atoms with Crippen LogP contribution in [0.25, 0.3) is 0 Å². The fourth-order valence-corrected chi connectivity index (χ4v) is 1.70. The van der Waals surface area contributed by atoms with E-state index in [2.05, 4.69) is 0 Å². The van der Waals surface area contributed by atoms with Crippen molar-refractivity contribution in [3.63, 3.8) is 0 Å². The molecule has 0 aliphatic carbocycles. The lowest BCUT2D eigenvalue weighted by atomic mass is 9.78. The highest BCUT2D eigenvalue weighted by molar-refractivity contribution is 5.40. The monoisotopic (exact) mass is 410 g/mol. The van der Waals surface area contributed by atoms with E-state index in [0.717, 1.165) is 0 Å². The normalized spacial score (nSPS) is 18.7. The summed E-state index contributed by atoms with van der Waals surface area (Å²) in [6, 6.07) is 0. The van der Waals surface area contributed by atoms with Crippen LogP contribution in [-0.2, 0) is 0 Å². The smallest absolute Gasteiger partial charge is 0.247 e. The first-order valence-corrected chi connectivity index (χ1v) is 5.52. The molecule has 0 aromatic rings. The van der Waals surface area contributed by atoms with Crippen molar-refractivity contribution in [3.05, 3.63) is 11.1 Å². The number of halogens is 15. The zero-order valence-electron chi connectivity index (χ0n) is 11.4. The molecule has 0 spiro atoms. The lowest BCUT2D eigenvalue weighted by Gasteiger charge is -2.39. The van der Waals surface area contributed by atoms with Gasteiger partial charge >= 0.3 is 30.4 Å². The second-order valence-electron chi connectivity index (χ2n) is 4.58. The average molecular weight is 410 g/mol. The van der Waals surface area contributed by atoms with Gasteiger partial charge in [0, 0.05) is 11.1 Å². The molecular weight excluding hydrogens is 405 g/mol. The van der Waals surface area contributed by atoms with Crippen molar-refractivity contribution < 1.29 is 65.9 Å². The van der Waals surface area contributed by atoms with E-state index in [1.807, 2.05) is 0 Å². The first-order valence-electron chi connectivity index (χ1n) is 5.52. The first kappa shape index (κ1) is 23.7. The summed E-state index contributed by atoms with van der Waals surface area (Å²) in [6.45, 7) is -4.73. The van der Waals surface area contributed by atoms with E-state index in [1.165, 1.54) is 0 Å². The third-order valence-corrected chi connectivity index (χ3v) is 2.96. The molecule has 0 fully saturated rings. The number of hydrogen-bond acceptors (Lipinski definition) is 0. The van der Waals surface area contributed by atoms with Crippen molar-refractivity contribution in [2.75, 3.05) is 6.67 Å². The summed E-state index contributed by atoms with van der Waals surface area (Å²) in [7, 11) is 0. The van der Waals surface area contributed by atoms with E-state index in [4.69, 9.17) is 0 Å². The van der Waals surface area contributed by atoms with Crippen molar-refractivity contribution in [1.29, 1.82) is 0 Å². The molecule has 0 radical (unpaired) electrons. The highest BCUT2D eigenvalue weighted by Gasteiger charge is 2.81. The molecule has 0 rings (SSSR count). The molecule has 0 amide bonds. The molecule has 0 saturated carbocycles. The molecule has 15 heteroatoms. The third kappa shape index (κ3) is 3.78. The Bertz CT molecular complexity index is 498. The Morgan fingerprint density at radius 3 is 1.08 bits per heavy atom. The predicted octanol–water partition coefficient (Wildman–Crippen LogP) is 5.94. The quantitative estimate of drug-likeness (QED) is 0.399. The van der Waals surface area contributed by atoms with E-state index < -0.39 is 60.8 Å². The minimum absolute atomic E-state index is 0.864. The summed E-state index contributed by atoms with van der Waals surface area (Å²) in [5.41, 5.74) is -22.1. The standard InChI is InChI=1S/C10H5F15/c1-3(7(14,15)16)4(5(12,2-11)8(17,18)19)6(13,9(20,21)22)10(23,24)25/h2H2,1H3/b4-3-. The summed E-state index contributed by atoms with van der Waals surface area (Å²) in [5.74, 6) is 0. The summed E-state index contributed by atoms with van der Waals surface area (Å²) in [4.78, 5) is 0. The maximum atomic E-state index is 13.7. The Morgan fingerprint density at radius 1 is 0.600 bits per heavy atom. The maximum Gasteiger partial charge on any atom is 0.435 e. The van der Waals surface area contributed by atoms with Gasteiger partial charge < -0.3 is 0 Å². The summed E-state index contributed by atoms with van der Waals surface area (Å²) >= 11 is 0. The van der Waals surface area contributed by atoms with Gasteiger partial charge in [-0.1, -0.05) is 0 Å². The summed E-state index contributed by atoms with van der Waals surface area (Å²) < 4.78 is 190. The lowest BCUT2D eigenvalue weighted by molar-refractivity contribution is -0.338. The van der Waals surface area contributed by atoms with Crippen molar-refractivity contribution >= 4 is 0 Å². The largest absolute Gasteiger partial charge is 0.435 e. The highest BCUT2D eigenvalue weighted by Crippen LogP contribution is 2.59. The fourth-order valence-electron chi connectivity index (χ4n) is 1.70. The summed E-state index contributed by atoms with van der Waals surface area (Å²) in [6.07, 6.45) is -28.6. The van der Waals surface area contributed by atoms with Gasteiger partial charge in [-0.2, -0.15) is 52.7 Å². The molecule has 0 saturated heterocycles. The average Bonchev–Trinajstić information content (AvgIpc) is 2.32. The third-order valence-electron chi connectivity index (χ3n) is 2.96. The van der Waals surface area contributed by atoms with Gasteiger partial charge in [-0.3, -0.25) is 0 Å². The maximum absolute atomic E-state index is 13.7. The molecule has 25 heavy (non-hydrogen) atoms. The molecule has 0 bridgehead atoms.